The van der Waals surface area contributed by atoms with Gasteiger partial charge in [0.2, 0.25) is 0 Å². The molecule has 4 rings (SSSR count). The molecule has 0 spiro atoms. The summed E-state index contributed by atoms with van der Waals surface area (Å²) in [5.74, 6) is 1.10. The van der Waals surface area contributed by atoms with E-state index < -0.39 is 0 Å². The molecule has 4 nitrogen and oxygen atoms in total. The molecule has 1 aromatic carbocycles. The van der Waals surface area contributed by atoms with Gasteiger partial charge >= 0.3 is 0 Å². The zero-order valence-electron chi connectivity index (χ0n) is 15.0. The monoisotopic (exact) mass is 368 g/mol. The highest BCUT2D eigenvalue weighted by atomic mass is 35.5. The van der Waals surface area contributed by atoms with Crippen LogP contribution in [0, 0.1) is 0 Å². The molecule has 3 aromatic rings. The molecule has 3 heterocycles. The van der Waals surface area contributed by atoms with Gasteiger partial charge in [0.1, 0.15) is 5.82 Å². The maximum atomic E-state index is 6.14. The normalized spacial score (nSPS) is 15.7. The quantitative estimate of drug-likeness (QED) is 0.656. The SMILES string of the molecule is Clc1ccc2[nH]cc(CCCCN3CCN(c4ccccn4)CC3)c2c1. The summed E-state index contributed by atoms with van der Waals surface area (Å²) in [5.41, 5.74) is 2.55. The summed E-state index contributed by atoms with van der Waals surface area (Å²) in [7, 11) is 0. The largest absolute Gasteiger partial charge is 0.361 e. The second kappa shape index (κ2) is 8.11. The number of H-pyrrole nitrogens is 1. The summed E-state index contributed by atoms with van der Waals surface area (Å²) < 4.78 is 0. The van der Waals surface area contributed by atoms with E-state index in [0.29, 0.717) is 0 Å². The van der Waals surface area contributed by atoms with Gasteiger partial charge in [0.15, 0.2) is 0 Å². The van der Waals surface area contributed by atoms with Crippen molar-refractivity contribution in [3.63, 3.8) is 0 Å². The summed E-state index contributed by atoms with van der Waals surface area (Å²) in [6.45, 7) is 5.56. The lowest BCUT2D eigenvalue weighted by atomic mass is 10.1. The first-order valence-corrected chi connectivity index (χ1v) is 9.81. The van der Waals surface area contributed by atoms with Crippen molar-refractivity contribution >= 4 is 28.3 Å². The molecular weight excluding hydrogens is 344 g/mol. The van der Waals surface area contributed by atoms with Gasteiger partial charge in [0, 0.05) is 54.5 Å². The van der Waals surface area contributed by atoms with Crippen LogP contribution < -0.4 is 4.90 Å². The number of fused-ring (bicyclic) bond motifs is 1. The van der Waals surface area contributed by atoms with Crippen LogP contribution in [0.25, 0.3) is 10.9 Å². The molecular formula is C21H25ClN4. The third-order valence-corrected chi connectivity index (χ3v) is 5.48. The number of rotatable bonds is 6. The number of aromatic nitrogens is 2. The highest BCUT2D eigenvalue weighted by Gasteiger charge is 2.17. The predicted octanol–water partition coefficient (Wildman–Crippen LogP) is 4.36. The fraction of sp³-hybridized carbons (Fsp3) is 0.381. The van der Waals surface area contributed by atoms with Crippen LogP contribution in [0.15, 0.2) is 48.8 Å². The number of aryl methyl sites for hydroxylation is 1. The minimum atomic E-state index is 0.809. The van der Waals surface area contributed by atoms with Crippen molar-refractivity contribution in [3.8, 4) is 0 Å². The van der Waals surface area contributed by atoms with Gasteiger partial charge in [-0.15, -0.1) is 0 Å². The number of nitrogens with one attached hydrogen (secondary N) is 1. The van der Waals surface area contributed by atoms with Crippen LogP contribution in [0.2, 0.25) is 5.02 Å². The first-order valence-electron chi connectivity index (χ1n) is 9.43. The molecule has 0 radical (unpaired) electrons. The summed E-state index contributed by atoms with van der Waals surface area (Å²) in [5, 5.41) is 2.07. The number of hydrogen-bond acceptors (Lipinski definition) is 3. The Labute approximate surface area is 159 Å². The van der Waals surface area contributed by atoms with E-state index in [2.05, 4.69) is 50.2 Å². The molecule has 0 aliphatic carbocycles. The average molecular weight is 369 g/mol. The van der Waals surface area contributed by atoms with E-state index in [9.17, 15) is 0 Å². The van der Waals surface area contributed by atoms with E-state index in [1.54, 1.807) is 0 Å². The molecule has 1 aliphatic rings. The Hall–Kier alpha value is -2.04. The molecule has 5 heteroatoms. The average Bonchev–Trinajstić information content (AvgIpc) is 3.08. The molecule has 0 bridgehead atoms. The van der Waals surface area contributed by atoms with Crippen molar-refractivity contribution in [2.24, 2.45) is 0 Å². The first-order chi connectivity index (χ1) is 12.8. The first kappa shape index (κ1) is 17.4. The van der Waals surface area contributed by atoms with Gasteiger partial charge in [-0.3, -0.25) is 4.90 Å². The minimum absolute atomic E-state index is 0.809. The van der Waals surface area contributed by atoms with Gasteiger partial charge in [0.05, 0.1) is 0 Å². The zero-order valence-corrected chi connectivity index (χ0v) is 15.8. The molecule has 1 aliphatic heterocycles. The van der Waals surface area contributed by atoms with Crippen molar-refractivity contribution in [2.75, 3.05) is 37.6 Å². The Morgan fingerprint density at radius 3 is 2.73 bits per heavy atom. The van der Waals surface area contributed by atoms with Gasteiger partial charge in [-0.1, -0.05) is 17.7 Å². The predicted molar refractivity (Wildman–Crippen MR) is 109 cm³/mol. The van der Waals surface area contributed by atoms with E-state index >= 15 is 0 Å². The highest BCUT2D eigenvalue weighted by molar-refractivity contribution is 6.31. The molecule has 1 fully saturated rings. The molecule has 136 valence electrons. The Bertz CT molecular complexity index is 838. The second-order valence-corrected chi connectivity index (χ2v) is 7.41. The summed E-state index contributed by atoms with van der Waals surface area (Å²) in [6, 6.07) is 12.2. The fourth-order valence-corrected chi connectivity index (χ4v) is 3.92. The topological polar surface area (TPSA) is 35.2 Å². The maximum Gasteiger partial charge on any atom is 0.128 e. The second-order valence-electron chi connectivity index (χ2n) is 6.98. The molecule has 1 saturated heterocycles. The molecule has 0 saturated carbocycles. The molecule has 0 atom stereocenters. The summed E-state index contributed by atoms with van der Waals surface area (Å²) >= 11 is 6.14. The smallest absolute Gasteiger partial charge is 0.128 e. The number of nitrogens with zero attached hydrogens (tertiary/aromatic N) is 3. The summed E-state index contributed by atoms with van der Waals surface area (Å²) in [6.07, 6.45) is 7.55. The van der Waals surface area contributed by atoms with E-state index in [1.807, 2.05) is 18.3 Å². The lowest BCUT2D eigenvalue weighted by Gasteiger charge is -2.35. The zero-order chi connectivity index (χ0) is 17.8. The third kappa shape index (κ3) is 4.02. The maximum absolute atomic E-state index is 6.14. The number of halogens is 1. The van der Waals surface area contributed by atoms with Crippen LogP contribution in [0.1, 0.15) is 18.4 Å². The van der Waals surface area contributed by atoms with Crippen molar-refractivity contribution in [1.82, 2.24) is 14.9 Å². The van der Waals surface area contributed by atoms with Crippen LogP contribution >= 0.6 is 11.6 Å². The standard InChI is InChI=1S/C21H25ClN4/c22-18-7-8-20-19(15-18)17(16-24-20)5-2-4-10-25-11-13-26(14-12-25)21-6-1-3-9-23-21/h1,3,6-9,15-16,24H,2,4-5,10-14H2. The molecule has 1 N–H and O–H groups in total. The number of aromatic amines is 1. The van der Waals surface area contributed by atoms with Gasteiger partial charge < -0.3 is 9.88 Å². The van der Waals surface area contributed by atoms with Gasteiger partial charge in [-0.2, -0.15) is 0 Å². The Morgan fingerprint density at radius 2 is 1.92 bits per heavy atom. The van der Waals surface area contributed by atoms with E-state index in [0.717, 1.165) is 43.4 Å². The molecule has 0 amide bonds. The van der Waals surface area contributed by atoms with Crippen LogP contribution in [0.4, 0.5) is 5.82 Å². The number of hydrogen-bond donors (Lipinski definition) is 1. The van der Waals surface area contributed by atoms with Crippen molar-refractivity contribution in [2.45, 2.75) is 19.3 Å². The van der Waals surface area contributed by atoms with Gasteiger partial charge in [0.25, 0.3) is 0 Å². The number of unbranched alkanes of at least 4 members (excludes halogenated alkanes) is 1. The molecule has 2 aromatic heterocycles. The van der Waals surface area contributed by atoms with E-state index in [-0.39, 0.29) is 0 Å². The van der Waals surface area contributed by atoms with Gasteiger partial charge in [-0.25, -0.2) is 4.98 Å². The Morgan fingerprint density at radius 1 is 1.04 bits per heavy atom. The van der Waals surface area contributed by atoms with Crippen molar-refractivity contribution in [1.29, 1.82) is 0 Å². The number of piperazine rings is 1. The molecule has 0 unspecified atom stereocenters. The van der Waals surface area contributed by atoms with Crippen molar-refractivity contribution in [3.05, 3.63) is 59.4 Å². The van der Waals surface area contributed by atoms with E-state index in [4.69, 9.17) is 11.6 Å². The van der Waals surface area contributed by atoms with Crippen molar-refractivity contribution < 1.29 is 0 Å². The van der Waals surface area contributed by atoms with Crippen LogP contribution in [-0.4, -0.2) is 47.6 Å². The fourth-order valence-electron chi connectivity index (χ4n) is 3.75. The Balaban J connectivity index is 1.21. The van der Waals surface area contributed by atoms with Crippen LogP contribution in [0.5, 0.6) is 0 Å². The highest BCUT2D eigenvalue weighted by Crippen LogP contribution is 2.23. The number of benzene rings is 1. The van der Waals surface area contributed by atoms with E-state index in [1.165, 1.54) is 35.9 Å². The Kier molecular flexibility index (Phi) is 5.42. The minimum Gasteiger partial charge on any atom is -0.361 e. The molecule has 26 heavy (non-hydrogen) atoms. The van der Waals surface area contributed by atoms with Gasteiger partial charge in [-0.05, 0) is 61.7 Å². The van der Waals surface area contributed by atoms with Crippen LogP contribution in [0.3, 0.4) is 0 Å². The number of pyridine rings is 1. The number of anilines is 1. The van der Waals surface area contributed by atoms with Crippen LogP contribution in [-0.2, 0) is 6.42 Å². The lowest BCUT2D eigenvalue weighted by Crippen LogP contribution is -2.46. The summed E-state index contributed by atoms with van der Waals surface area (Å²) in [4.78, 5) is 12.8. The third-order valence-electron chi connectivity index (χ3n) is 5.25. The lowest BCUT2D eigenvalue weighted by molar-refractivity contribution is 0.252.